The Morgan fingerprint density at radius 1 is 1.06 bits per heavy atom. The predicted octanol–water partition coefficient (Wildman–Crippen LogP) is 6.56. The van der Waals surface area contributed by atoms with Gasteiger partial charge in [0.2, 0.25) is 5.91 Å². The first-order valence-electron chi connectivity index (χ1n) is 10.6. The van der Waals surface area contributed by atoms with Gasteiger partial charge in [-0.3, -0.25) is 19.3 Å². The summed E-state index contributed by atoms with van der Waals surface area (Å²) in [7, 11) is 0. The van der Waals surface area contributed by atoms with Crippen molar-refractivity contribution in [3.8, 4) is 5.75 Å². The van der Waals surface area contributed by atoms with Gasteiger partial charge in [-0.15, -0.1) is 0 Å². The largest absolute Gasteiger partial charge is 0.488 e. The van der Waals surface area contributed by atoms with Crippen LogP contribution in [0.3, 0.4) is 0 Å². The number of amides is 3. The van der Waals surface area contributed by atoms with E-state index in [9.17, 15) is 14.4 Å². The fourth-order valence-electron chi connectivity index (χ4n) is 3.28. The van der Waals surface area contributed by atoms with Crippen molar-refractivity contribution in [3.63, 3.8) is 0 Å². The Kier molecular flexibility index (Phi) is 7.80. The lowest BCUT2D eigenvalue weighted by Gasteiger charge is -2.13. The first-order valence-corrected chi connectivity index (χ1v) is 12.1. The van der Waals surface area contributed by atoms with Crippen LogP contribution in [0.2, 0.25) is 10.0 Å². The van der Waals surface area contributed by atoms with Gasteiger partial charge in [0.1, 0.15) is 18.9 Å². The highest BCUT2D eigenvalue weighted by Gasteiger charge is 2.36. The molecule has 1 N–H and O–H groups in total. The number of rotatable bonds is 7. The van der Waals surface area contributed by atoms with Crippen molar-refractivity contribution in [3.05, 3.63) is 98.4 Å². The molecule has 0 aromatic heterocycles. The van der Waals surface area contributed by atoms with E-state index in [1.165, 1.54) is 0 Å². The van der Waals surface area contributed by atoms with E-state index in [1.807, 2.05) is 19.1 Å². The SMILES string of the molecule is Cc1ccc(NC(=O)CN2C(=O)S/C(=C/c3ccccc3OCc3ccc(Cl)cc3Cl)C2=O)cc1. The molecular weight excluding hydrogens is 507 g/mol. The standard InChI is InChI=1S/C26H20Cl2N2O4S/c1-16-6-10-20(11-7-16)29-24(31)14-30-25(32)23(35-26(30)33)12-17-4-2-3-5-22(17)34-15-18-8-9-19(27)13-21(18)28/h2-13H,14-15H2,1H3,(H,29,31)/b23-12+. The van der Waals surface area contributed by atoms with Crippen LogP contribution in [0.1, 0.15) is 16.7 Å². The molecule has 0 aliphatic carbocycles. The van der Waals surface area contributed by atoms with E-state index >= 15 is 0 Å². The first kappa shape index (κ1) is 24.9. The number of benzene rings is 3. The molecule has 0 radical (unpaired) electrons. The summed E-state index contributed by atoms with van der Waals surface area (Å²) in [5.41, 5.74) is 3.02. The third kappa shape index (κ3) is 6.25. The second-order valence-electron chi connectivity index (χ2n) is 7.74. The fraction of sp³-hybridized carbons (Fsp3) is 0.115. The Morgan fingerprint density at radius 2 is 1.80 bits per heavy atom. The van der Waals surface area contributed by atoms with Gasteiger partial charge in [-0.2, -0.15) is 0 Å². The summed E-state index contributed by atoms with van der Waals surface area (Å²) in [6, 6.07) is 19.5. The number of ether oxygens (including phenoxy) is 1. The van der Waals surface area contributed by atoms with Crippen LogP contribution in [0, 0.1) is 6.92 Å². The monoisotopic (exact) mass is 526 g/mol. The summed E-state index contributed by atoms with van der Waals surface area (Å²) >= 11 is 13.0. The normalized spacial score (nSPS) is 14.5. The van der Waals surface area contributed by atoms with Gasteiger partial charge in [-0.1, -0.05) is 65.2 Å². The minimum absolute atomic E-state index is 0.196. The van der Waals surface area contributed by atoms with Crippen LogP contribution in [-0.2, 0) is 16.2 Å². The van der Waals surface area contributed by atoms with Gasteiger partial charge in [-0.25, -0.2) is 0 Å². The van der Waals surface area contributed by atoms with Crippen molar-refractivity contribution in [1.29, 1.82) is 0 Å². The molecule has 0 saturated carbocycles. The minimum Gasteiger partial charge on any atom is -0.488 e. The van der Waals surface area contributed by atoms with Crippen molar-refractivity contribution in [2.75, 3.05) is 11.9 Å². The number of carbonyl (C=O) groups excluding carboxylic acids is 3. The van der Waals surface area contributed by atoms with Crippen molar-refractivity contribution in [1.82, 2.24) is 4.90 Å². The van der Waals surface area contributed by atoms with Gasteiger partial charge in [0.15, 0.2) is 0 Å². The summed E-state index contributed by atoms with van der Waals surface area (Å²) in [6.07, 6.45) is 1.58. The Labute approximate surface area is 216 Å². The van der Waals surface area contributed by atoms with E-state index in [0.29, 0.717) is 27.0 Å². The van der Waals surface area contributed by atoms with Crippen molar-refractivity contribution >= 4 is 63.8 Å². The number of thioether (sulfide) groups is 1. The molecule has 1 saturated heterocycles. The molecule has 1 heterocycles. The molecule has 4 rings (SSSR count). The third-order valence-electron chi connectivity index (χ3n) is 5.11. The van der Waals surface area contributed by atoms with Gasteiger partial charge in [-0.05, 0) is 55.1 Å². The molecular formula is C26H20Cl2N2O4S. The number of hydrogen-bond donors (Lipinski definition) is 1. The second kappa shape index (κ2) is 11.0. The number of aryl methyl sites for hydroxylation is 1. The Bertz CT molecular complexity index is 1330. The zero-order valence-electron chi connectivity index (χ0n) is 18.6. The smallest absolute Gasteiger partial charge is 0.294 e. The number of para-hydroxylation sites is 1. The minimum atomic E-state index is -0.533. The van der Waals surface area contributed by atoms with Gasteiger partial charge >= 0.3 is 0 Å². The lowest BCUT2D eigenvalue weighted by Crippen LogP contribution is -2.36. The first-order chi connectivity index (χ1) is 16.8. The lowest BCUT2D eigenvalue weighted by molar-refractivity contribution is -0.127. The summed E-state index contributed by atoms with van der Waals surface area (Å²) in [6.45, 7) is 1.76. The van der Waals surface area contributed by atoms with Gasteiger partial charge in [0, 0.05) is 26.9 Å². The average molecular weight is 527 g/mol. The van der Waals surface area contributed by atoms with Crippen molar-refractivity contribution in [2.45, 2.75) is 13.5 Å². The third-order valence-corrected chi connectivity index (χ3v) is 6.61. The summed E-state index contributed by atoms with van der Waals surface area (Å²) in [4.78, 5) is 38.9. The predicted molar refractivity (Wildman–Crippen MR) is 140 cm³/mol. The van der Waals surface area contributed by atoms with E-state index < -0.39 is 17.1 Å². The van der Waals surface area contributed by atoms with Gasteiger partial charge in [0.25, 0.3) is 11.1 Å². The fourth-order valence-corrected chi connectivity index (χ4v) is 4.58. The molecule has 1 fully saturated rings. The summed E-state index contributed by atoms with van der Waals surface area (Å²) < 4.78 is 5.93. The Hall–Kier alpha value is -3.26. The van der Waals surface area contributed by atoms with Crippen LogP contribution >= 0.6 is 35.0 Å². The highest BCUT2D eigenvalue weighted by atomic mass is 35.5. The van der Waals surface area contributed by atoms with Crippen LogP contribution in [-0.4, -0.2) is 28.5 Å². The highest BCUT2D eigenvalue weighted by molar-refractivity contribution is 8.18. The molecule has 3 aromatic rings. The second-order valence-corrected chi connectivity index (χ2v) is 9.58. The van der Waals surface area contributed by atoms with Crippen LogP contribution in [0.25, 0.3) is 6.08 Å². The molecule has 9 heteroatoms. The highest BCUT2D eigenvalue weighted by Crippen LogP contribution is 2.34. The molecule has 1 aliphatic heterocycles. The molecule has 35 heavy (non-hydrogen) atoms. The quantitative estimate of drug-likeness (QED) is 0.353. The number of nitrogens with zero attached hydrogens (tertiary/aromatic N) is 1. The molecule has 0 spiro atoms. The van der Waals surface area contributed by atoms with Gasteiger partial charge < -0.3 is 10.1 Å². The Balaban J connectivity index is 1.45. The zero-order chi connectivity index (χ0) is 24.9. The average Bonchev–Trinajstić information content (AvgIpc) is 3.08. The van der Waals surface area contributed by atoms with E-state index in [-0.39, 0.29) is 18.1 Å². The summed E-state index contributed by atoms with van der Waals surface area (Å²) in [5, 5.41) is 3.21. The molecule has 178 valence electrons. The maximum absolute atomic E-state index is 12.9. The molecule has 1 aliphatic rings. The summed E-state index contributed by atoms with van der Waals surface area (Å²) in [5.74, 6) is -0.474. The molecule has 0 bridgehead atoms. The molecule has 0 atom stereocenters. The number of halogens is 2. The van der Waals surface area contributed by atoms with Gasteiger partial charge in [0.05, 0.1) is 4.91 Å². The molecule has 3 aromatic carbocycles. The molecule has 6 nitrogen and oxygen atoms in total. The van der Waals surface area contributed by atoms with E-state index in [1.54, 1.807) is 60.7 Å². The zero-order valence-corrected chi connectivity index (χ0v) is 20.9. The van der Waals surface area contributed by atoms with Crippen molar-refractivity contribution < 1.29 is 19.1 Å². The maximum Gasteiger partial charge on any atom is 0.294 e. The lowest BCUT2D eigenvalue weighted by atomic mass is 10.1. The molecule has 0 unspecified atom stereocenters. The Morgan fingerprint density at radius 3 is 2.54 bits per heavy atom. The molecule has 3 amide bonds. The number of anilines is 1. The topological polar surface area (TPSA) is 75.7 Å². The maximum atomic E-state index is 12.9. The van der Waals surface area contributed by atoms with Crippen LogP contribution in [0.4, 0.5) is 10.5 Å². The van der Waals surface area contributed by atoms with E-state index in [4.69, 9.17) is 27.9 Å². The van der Waals surface area contributed by atoms with E-state index in [0.717, 1.165) is 27.8 Å². The number of imide groups is 1. The number of carbonyl (C=O) groups is 3. The van der Waals surface area contributed by atoms with Crippen LogP contribution in [0.5, 0.6) is 5.75 Å². The van der Waals surface area contributed by atoms with Crippen LogP contribution in [0.15, 0.2) is 71.6 Å². The van der Waals surface area contributed by atoms with E-state index in [2.05, 4.69) is 5.32 Å². The number of hydrogen-bond acceptors (Lipinski definition) is 5. The van der Waals surface area contributed by atoms with Crippen molar-refractivity contribution in [2.24, 2.45) is 0 Å². The number of nitrogens with one attached hydrogen (secondary N) is 1. The van der Waals surface area contributed by atoms with Crippen LogP contribution < -0.4 is 10.1 Å².